The van der Waals surface area contributed by atoms with Crippen LogP contribution in [-0.2, 0) is 55.8 Å². The van der Waals surface area contributed by atoms with Crippen molar-refractivity contribution in [3.05, 3.63) is 170 Å². The van der Waals surface area contributed by atoms with Gasteiger partial charge in [0, 0.05) is 19.3 Å². The number of phosphoric acid groups is 2. The Labute approximate surface area is 777 Å². The molecule has 0 amide bonds. The third-order valence-corrected chi connectivity index (χ3v) is 23.8. The number of carbonyl (C=O) groups is 3. The van der Waals surface area contributed by atoms with E-state index in [1.165, 1.54) is 231 Å². The van der Waals surface area contributed by atoms with Crippen molar-refractivity contribution in [2.75, 3.05) is 39.6 Å². The van der Waals surface area contributed by atoms with Crippen molar-refractivity contribution in [2.45, 2.75) is 463 Å². The number of unbranched alkanes of at least 4 members (excludes halogenated alkanes) is 46. The van der Waals surface area contributed by atoms with Crippen molar-refractivity contribution in [2.24, 2.45) is 0 Å². The van der Waals surface area contributed by atoms with Gasteiger partial charge in [0.05, 0.1) is 26.4 Å². The Morgan fingerprint density at radius 3 is 0.661 bits per heavy atom. The lowest BCUT2D eigenvalue weighted by Crippen LogP contribution is -2.30. The molecule has 0 saturated heterocycles. The van der Waals surface area contributed by atoms with Crippen LogP contribution in [0, 0.1) is 0 Å². The monoisotopic (exact) mass is 1820 g/mol. The molecule has 0 spiro atoms. The van der Waals surface area contributed by atoms with E-state index in [4.69, 9.17) is 32.3 Å². The molecule has 0 aliphatic carbocycles. The molecular weight excluding hydrogens is 1630 g/mol. The molecule has 0 saturated carbocycles. The van der Waals surface area contributed by atoms with E-state index in [-0.39, 0.29) is 19.3 Å². The van der Waals surface area contributed by atoms with Crippen molar-refractivity contribution < 1.29 is 75.8 Å². The van der Waals surface area contributed by atoms with E-state index in [1.807, 2.05) is 0 Å². The fourth-order valence-corrected chi connectivity index (χ4v) is 15.7. The summed E-state index contributed by atoms with van der Waals surface area (Å²) < 4.78 is 61.7. The Morgan fingerprint density at radius 2 is 0.417 bits per heavy atom. The molecule has 0 radical (unpaired) electrons. The van der Waals surface area contributed by atoms with Crippen molar-refractivity contribution in [1.82, 2.24) is 0 Å². The van der Waals surface area contributed by atoms with E-state index in [2.05, 4.69) is 191 Å². The van der Waals surface area contributed by atoms with Crippen LogP contribution in [0.5, 0.6) is 0 Å². The van der Waals surface area contributed by atoms with Gasteiger partial charge >= 0.3 is 33.6 Å². The van der Waals surface area contributed by atoms with Gasteiger partial charge in [-0.1, -0.05) is 435 Å². The molecule has 0 aromatic carbocycles. The van der Waals surface area contributed by atoms with Crippen LogP contribution in [-0.4, -0.2) is 95.9 Å². The minimum absolute atomic E-state index is 0.101. The third-order valence-electron chi connectivity index (χ3n) is 21.9. The topological polar surface area (TPSA) is 231 Å². The smallest absolute Gasteiger partial charge is 0.463 e. The van der Waals surface area contributed by atoms with Crippen LogP contribution >= 0.6 is 15.6 Å². The second-order valence-electron chi connectivity index (χ2n) is 34.3. The van der Waals surface area contributed by atoms with Crippen molar-refractivity contribution in [1.29, 1.82) is 0 Å². The quantitative estimate of drug-likeness (QED) is 0.0146. The number of allylic oxidation sites excluding steroid dienone is 28. The molecule has 0 aromatic heterocycles. The van der Waals surface area contributed by atoms with Gasteiger partial charge in [-0.15, -0.1) is 0 Å². The van der Waals surface area contributed by atoms with Gasteiger partial charge < -0.3 is 34.2 Å². The van der Waals surface area contributed by atoms with Gasteiger partial charge in [-0.05, 0) is 161 Å². The summed E-state index contributed by atoms with van der Waals surface area (Å²) in [6.45, 7) is 2.58. The number of carbonyl (C=O) groups excluding carboxylic acids is 3. The largest absolute Gasteiger partial charge is 0.472 e. The van der Waals surface area contributed by atoms with Gasteiger partial charge in [-0.3, -0.25) is 32.5 Å². The molecule has 0 aliphatic rings. The molecule has 0 rings (SSSR count). The van der Waals surface area contributed by atoms with Crippen LogP contribution in [0.15, 0.2) is 170 Å². The molecule has 16 nitrogen and oxygen atoms in total. The zero-order valence-corrected chi connectivity index (χ0v) is 82.7. The molecule has 0 aliphatic heterocycles. The van der Waals surface area contributed by atoms with Crippen molar-refractivity contribution in [3.8, 4) is 0 Å². The maximum absolute atomic E-state index is 13.1. The fraction of sp³-hybridized carbons (Fsp3) is 0.716. The molecular formula is C109H188O16P2. The number of hydrogen-bond donors (Lipinski definition) is 4. The minimum Gasteiger partial charge on any atom is -0.463 e. The van der Waals surface area contributed by atoms with Gasteiger partial charge in [-0.2, -0.15) is 0 Å². The van der Waals surface area contributed by atoms with Crippen LogP contribution in [0.25, 0.3) is 0 Å². The van der Waals surface area contributed by atoms with E-state index in [0.717, 1.165) is 154 Å². The van der Waals surface area contributed by atoms with E-state index >= 15 is 0 Å². The summed E-state index contributed by atoms with van der Waals surface area (Å²) >= 11 is 0. The maximum Gasteiger partial charge on any atom is 0.472 e. The van der Waals surface area contributed by atoms with Gasteiger partial charge in [0.25, 0.3) is 0 Å². The van der Waals surface area contributed by atoms with E-state index < -0.39 is 91.5 Å². The van der Waals surface area contributed by atoms with Gasteiger partial charge in [0.15, 0.2) is 6.10 Å². The van der Waals surface area contributed by atoms with Crippen LogP contribution in [0.4, 0.5) is 0 Å². The molecule has 5 atom stereocenters. The van der Waals surface area contributed by atoms with Gasteiger partial charge in [-0.25, -0.2) is 9.13 Å². The zero-order chi connectivity index (χ0) is 92.1. The standard InChI is InChI=1S/C109H188O16P2/c1-4-7-10-13-16-19-22-25-28-31-34-37-40-43-46-49-51-54-56-59-62-65-68-71-74-77-80-83-86-89-92-95-107(112)119-98-104(110)99-121-126(115,116)122-100-105(111)101-123-127(117,118)124-103-106(125-109(114)97-94-91-88-85-82-79-76-73-70-67-64-61-58-53-48-45-42-39-36-33-30-27-24-21-18-15-12-9-6-3)102-120-108(113)96-93-90-87-84-81-78-75-72-69-66-63-60-57-55-52-50-47-44-41-38-35-32-29-26-23-20-17-14-11-8-5-2/h7,10,16-21,25-30,34-39,43-48,51,54,104-106,110-111H,4-6,8-9,11-15,22-24,31-33,40-42,49-50,52-53,55-103H2,1-3H3,(H,115,116)(H,117,118)/b10-7-,19-16-,20-17-,21-18-,28-25-,29-26-,30-27-,37-34-,38-35-,39-36-,46-43-,47-44-,48-45-,54-51-. The Balaban J connectivity index is 4.64. The Bertz CT molecular complexity index is 2990. The Hall–Kier alpha value is -5.09. The number of rotatable bonds is 97. The first kappa shape index (κ1) is 122. The first-order valence-corrected chi connectivity index (χ1v) is 54.4. The van der Waals surface area contributed by atoms with Crippen LogP contribution in [0.2, 0.25) is 0 Å². The number of aliphatic hydroxyl groups excluding tert-OH is 2. The number of phosphoric ester groups is 2. The lowest BCUT2D eigenvalue weighted by Gasteiger charge is -2.21. The highest BCUT2D eigenvalue weighted by Crippen LogP contribution is 2.45. The fourth-order valence-electron chi connectivity index (χ4n) is 14.1. The summed E-state index contributed by atoms with van der Waals surface area (Å²) in [5.41, 5.74) is 0. The summed E-state index contributed by atoms with van der Waals surface area (Å²) in [7, 11) is -9.82. The molecule has 5 unspecified atom stereocenters. The third kappa shape index (κ3) is 101. The normalized spacial score (nSPS) is 14.4. The lowest BCUT2D eigenvalue weighted by atomic mass is 10.0. The molecule has 730 valence electrons. The first-order valence-electron chi connectivity index (χ1n) is 51.4. The average Bonchev–Trinajstić information content (AvgIpc) is 0.955. The Morgan fingerprint density at radius 1 is 0.228 bits per heavy atom. The summed E-state index contributed by atoms with van der Waals surface area (Å²) in [4.78, 5) is 59.2. The van der Waals surface area contributed by atoms with Crippen LogP contribution in [0.3, 0.4) is 0 Å². The highest BCUT2D eigenvalue weighted by molar-refractivity contribution is 7.47. The van der Waals surface area contributed by atoms with E-state index in [9.17, 15) is 43.5 Å². The summed E-state index contributed by atoms with van der Waals surface area (Å²) in [6, 6.07) is 0. The second-order valence-corrected chi connectivity index (χ2v) is 37.2. The average molecular weight is 1820 g/mol. The molecule has 127 heavy (non-hydrogen) atoms. The molecule has 0 fully saturated rings. The number of ether oxygens (including phenoxy) is 3. The number of aliphatic hydroxyl groups is 2. The van der Waals surface area contributed by atoms with Crippen molar-refractivity contribution >= 4 is 33.6 Å². The number of esters is 3. The minimum atomic E-state index is -4.95. The summed E-state index contributed by atoms with van der Waals surface area (Å²) in [6.07, 6.45) is 131. The Kier molecular flexibility index (Phi) is 95.9. The first-order chi connectivity index (χ1) is 62.2. The zero-order valence-electron chi connectivity index (χ0n) is 80.9. The number of hydrogen-bond acceptors (Lipinski definition) is 14. The van der Waals surface area contributed by atoms with Crippen molar-refractivity contribution in [3.63, 3.8) is 0 Å². The predicted molar refractivity (Wildman–Crippen MR) is 537 cm³/mol. The predicted octanol–water partition coefficient (Wildman–Crippen LogP) is 32.6. The molecule has 0 bridgehead atoms. The second kappa shape index (κ2) is 99.9. The highest BCUT2D eigenvalue weighted by atomic mass is 31.2. The van der Waals surface area contributed by atoms with Gasteiger partial charge in [0.2, 0.25) is 0 Å². The lowest BCUT2D eigenvalue weighted by molar-refractivity contribution is -0.161. The molecule has 18 heteroatoms. The van der Waals surface area contributed by atoms with Gasteiger partial charge in [0.1, 0.15) is 25.4 Å². The SMILES string of the molecule is CC/C=C\C/C=C\C/C=C\C/C=C\C/C=C\C/C=C\CCCCCCCCCCCCCCC(=O)OCC(O)COP(=O)(O)OCC(O)COP(=O)(O)OCC(COC(=O)CCCCCCCCCCCCCCCCC/C=C\C/C=C\C/C=C\C/C=C\CCCCC)OC(=O)CCCCCCCCCCCCCCC/C=C\C/C=C\C/C=C\C/C=C\CCCCC. The highest BCUT2D eigenvalue weighted by Gasteiger charge is 2.30. The molecule has 4 N–H and O–H groups in total. The van der Waals surface area contributed by atoms with Crippen LogP contribution in [0.1, 0.15) is 445 Å². The van der Waals surface area contributed by atoms with E-state index in [1.54, 1.807) is 0 Å². The molecule has 0 heterocycles. The summed E-state index contributed by atoms with van der Waals surface area (Å²) in [5, 5.41) is 20.8. The van der Waals surface area contributed by atoms with Crippen LogP contribution < -0.4 is 0 Å². The summed E-state index contributed by atoms with van der Waals surface area (Å²) in [5.74, 6) is -1.56. The van der Waals surface area contributed by atoms with E-state index in [0.29, 0.717) is 19.3 Å². The molecule has 0 aromatic rings. The maximum atomic E-state index is 13.1.